The number of hydrogen-bond acceptors (Lipinski definition) is 3. The molecule has 1 aliphatic heterocycles. The molecule has 1 heterocycles. The maximum Gasteiger partial charge on any atom is 0.233 e. The lowest BCUT2D eigenvalue weighted by atomic mass is 10.2. The van der Waals surface area contributed by atoms with Crippen LogP contribution >= 0.6 is 23.4 Å². The molecule has 1 fully saturated rings. The topological polar surface area (TPSA) is 23.6 Å². The number of piperazine rings is 1. The molecule has 0 bridgehead atoms. The first kappa shape index (κ1) is 19.0. The van der Waals surface area contributed by atoms with E-state index in [9.17, 15) is 4.79 Å². The van der Waals surface area contributed by atoms with Gasteiger partial charge in [0.15, 0.2) is 0 Å². The third-order valence-corrected chi connectivity index (χ3v) is 5.62. The van der Waals surface area contributed by atoms with Crippen LogP contribution in [0.25, 0.3) is 6.08 Å². The molecule has 0 atom stereocenters. The van der Waals surface area contributed by atoms with E-state index in [1.807, 2.05) is 47.4 Å². The molecule has 0 spiro atoms. The average Bonchev–Trinajstić information content (AvgIpc) is 2.69. The van der Waals surface area contributed by atoms with Crippen molar-refractivity contribution in [3.63, 3.8) is 0 Å². The average molecular weight is 387 g/mol. The van der Waals surface area contributed by atoms with Crippen molar-refractivity contribution in [3.05, 3.63) is 71.3 Å². The van der Waals surface area contributed by atoms with E-state index in [4.69, 9.17) is 11.6 Å². The van der Waals surface area contributed by atoms with Gasteiger partial charge in [-0.1, -0.05) is 54.1 Å². The summed E-state index contributed by atoms with van der Waals surface area (Å²) in [7, 11) is 0. The minimum Gasteiger partial charge on any atom is -0.339 e. The summed E-state index contributed by atoms with van der Waals surface area (Å²) in [6.07, 6.45) is 4.35. The van der Waals surface area contributed by atoms with Crippen LogP contribution in [0.1, 0.15) is 5.56 Å². The van der Waals surface area contributed by atoms with Gasteiger partial charge in [-0.15, -0.1) is 11.8 Å². The molecule has 3 nitrogen and oxygen atoms in total. The maximum atomic E-state index is 12.4. The molecule has 136 valence electrons. The highest BCUT2D eigenvalue weighted by Crippen LogP contribution is 2.21. The number of thioether (sulfide) groups is 1. The number of rotatable bonds is 6. The SMILES string of the molecule is O=C(CSc1ccc(Cl)cc1)N1CCN(C/C=C/c2ccccc2)CC1. The first-order chi connectivity index (χ1) is 12.7. The summed E-state index contributed by atoms with van der Waals surface area (Å²) in [5.74, 6) is 0.694. The van der Waals surface area contributed by atoms with E-state index in [1.54, 1.807) is 11.8 Å². The lowest BCUT2D eigenvalue weighted by Crippen LogP contribution is -2.49. The molecule has 1 saturated heterocycles. The smallest absolute Gasteiger partial charge is 0.233 e. The molecule has 2 aromatic rings. The number of benzene rings is 2. The Morgan fingerprint density at radius 2 is 1.69 bits per heavy atom. The van der Waals surface area contributed by atoms with Gasteiger partial charge in [0.1, 0.15) is 0 Å². The van der Waals surface area contributed by atoms with E-state index in [2.05, 4.69) is 29.2 Å². The summed E-state index contributed by atoms with van der Waals surface area (Å²) in [6, 6.07) is 18.0. The van der Waals surface area contributed by atoms with Crippen LogP contribution in [-0.4, -0.2) is 54.2 Å². The highest BCUT2D eigenvalue weighted by molar-refractivity contribution is 8.00. The summed E-state index contributed by atoms with van der Waals surface area (Å²) in [6.45, 7) is 4.39. The normalized spacial score (nSPS) is 15.5. The predicted molar refractivity (Wildman–Crippen MR) is 111 cm³/mol. The fourth-order valence-electron chi connectivity index (χ4n) is 2.85. The Bertz CT molecular complexity index is 725. The monoisotopic (exact) mass is 386 g/mol. The molecule has 0 saturated carbocycles. The summed E-state index contributed by atoms with van der Waals surface area (Å²) in [5.41, 5.74) is 1.22. The zero-order valence-electron chi connectivity index (χ0n) is 14.7. The van der Waals surface area contributed by atoms with Crippen LogP contribution in [-0.2, 0) is 4.79 Å². The van der Waals surface area contributed by atoms with Crippen LogP contribution in [0.15, 0.2) is 65.6 Å². The van der Waals surface area contributed by atoms with Crippen molar-refractivity contribution < 1.29 is 4.79 Å². The molecule has 0 N–H and O–H groups in total. The standard InChI is InChI=1S/C21H23ClN2OS/c22-19-8-10-20(11-9-19)26-17-21(25)24-15-13-23(14-16-24)12-4-7-18-5-2-1-3-6-18/h1-11H,12-17H2/b7-4+. The van der Waals surface area contributed by atoms with Gasteiger partial charge in [0.2, 0.25) is 5.91 Å². The second-order valence-corrected chi connectivity index (χ2v) is 7.72. The predicted octanol–water partition coefficient (Wildman–Crippen LogP) is 4.29. The van der Waals surface area contributed by atoms with E-state index in [0.29, 0.717) is 5.75 Å². The van der Waals surface area contributed by atoms with Crippen LogP contribution in [0.2, 0.25) is 5.02 Å². The van der Waals surface area contributed by atoms with Gasteiger partial charge in [0, 0.05) is 42.6 Å². The van der Waals surface area contributed by atoms with E-state index in [1.165, 1.54) is 5.56 Å². The highest BCUT2D eigenvalue weighted by atomic mass is 35.5. The van der Waals surface area contributed by atoms with Crippen molar-refractivity contribution in [2.45, 2.75) is 4.90 Å². The fourth-order valence-corrected chi connectivity index (χ4v) is 3.78. The van der Waals surface area contributed by atoms with Gasteiger partial charge in [-0.25, -0.2) is 0 Å². The molecule has 1 aliphatic rings. The number of amides is 1. The molecule has 0 aromatic heterocycles. The molecule has 26 heavy (non-hydrogen) atoms. The number of carbonyl (C=O) groups excluding carboxylic acids is 1. The molecule has 0 radical (unpaired) electrons. The third kappa shape index (κ3) is 5.90. The Morgan fingerprint density at radius 3 is 2.38 bits per heavy atom. The van der Waals surface area contributed by atoms with Crippen molar-refractivity contribution in [1.29, 1.82) is 0 Å². The van der Waals surface area contributed by atoms with Crippen LogP contribution in [0.3, 0.4) is 0 Å². The van der Waals surface area contributed by atoms with Gasteiger partial charge in [-0.05, 0) is 29.8 Å². The van der Waals surface area contributed by atoms with Crippen LogP contribution < -0.4 is 0 Å². The molecule has 2 aromatic carbocycles. The van der Waals surface area contributed by atoms with Crippen molar-refractivity contribution >= 4 is 35.3 Å². The summed E-state index contributed by atoms with van der Waals surface area (Å²) in [5, 5.41) is 0.720. The minimum atomic E-state index is 0.212. The Hall–Kier alpha value is -1.75. The molecule has 0 unspecified atom stereocenters. The second kappa shape index (κ2) is 9.81. The van der Waals surface area contributed by atoms with Gasteiger partial charge in [-0.2, -0.15) is 0 Å². The molecule has 5 heteroatoms. The fraction of sp³-hybridized carbons (Fsp3) is 0.286. The first-order valence-corrected chi connectivity index (χ1v) is 10.2. The van der Waals surface area contributed by atoms with Gasteiger partial charge in [0.25, 0.3) is 0 Å². The van der Waals surface area contributed by atoms with E-state index < -0.39 is 0 Å². The highest BCUT2D eigenvalue weighted by Gasteiger charge is 2.20. The van der Waals surface area contributed by atoms with Crippen LogP contribution in [0.4, 0.5) is 0 Å². The number of nitrogens with zero attached hydrogens (tertiary/aromatic N) is 2. The van der Waals surface area contributed by atoms with Crippen molar-refractivity contribution in [2.75, 3.05) is 38.5 Å². The van der Waals surface area contributed by atoms with E-state index in [-0.39, 0.29) is 5.91 Å². The number of halogens is 1. The molecule has 3 rings (SSSR count). The molecular weight excluding hydrogens is 364 g/mol. The second-order valence-electron chi connectivity index (χ2n) is 6.24. The minimum absolute atomic E-state index is 0.212. The van der Waals surface area contributed by atoms with Gasteiger partial charge in [0.05, 0.1) is 5.75 Å². The number of hydrogen-bond donors (Lipinski definition) is 0. The lowest BCUT2D eigenvalue weighted by molar-refractivity contribution is -0.129. The third-order valence-electron chi connectivity index (χ3n) is 4.37. The van der Waals surface area contributed by atoms with Crippen molar-refractivity contribution in [2.24, 2.45) is 0 Å². The Labute approximate surface area is 164 Å². The largest absolute Gasteiger partial charge is 0.339 e. The molecule has 0 aliphatic carbocycles. The zero-order chi connectivity index (χ0) is 18.2. The van der Waals surface area contributed by atoms with Crippen LogP contribution in [0.5, 0.6) is 0 Å². The number of carbonyl (C=O) groups is 1. The summed E-state index contributed by atoms with van der Waals surface area (Å²) >= 11 is 7.46. The van der Waals surface area contributed by atoms with Crippen molar-refractivity contribution in [1.82, 2.24) is 9.80 Å². The van der Waals surface area contributed by atoms with E-state index in [0.717, 1.165) is 42.6 Å². The van der Waals surface area contributed by atoms with Gasteiger partial charge >= 0.3 is 0 Å². The van der Waals surface area contributed by atoms with Crippen molar-refractivity contribution in [3.8, 4) is 0 Å². The summed E-state index contributed by atoms with van der Waals surface area (Å²) < 4.78 is 0. The first-order valence-electron chi connectivity index (χ1n) is 8.81. The summed E-state index contributed by atoms with van der Waals surface area (Å²) in [4.78, 5) is 17.8. The quantitative estimate of drug-likeness (QED) is 0.692. The van der Waals surface area contributed by atoms with Crippen LogP contribution in [0, 0.1) is 0 Å². The Balaban J connectivity index is 1.38. The Kier molecular flexibility index (Phi) is 7.18. The molecular formula is C21H23ClN2OS. The van der Waals surface area contributed by atoms with E-state index >= 15 is 0 Å². The van der Waals surface area contributed by atoms with Gasteiger partial charge < -0.3 is 4.90 Å². The molecule has 1 amide bonds. The zero-order valence-corrected chi connectivity index (χ0v) is 16.3. The maximum absolute atomic E-state index is 12.4. The lowest BCUT2D eigenvalue weighted by Gasteiger charge is -2.34. The van der Waals surface area contributed by atoms with Gasteiger partial charge in [-0.3, -0.25) is 9.69 Å². The Morgan fingerprint density at radius 1 is 1.00 bits per heavy atom.